The standard InChI is InChI=1S/C6H14Si.C6H8Si.3C4H12Si.H4Si/c2*7-6-4-2-1-3-5-6;1-4(2,3)5;1-3-5-4-2;1-2-3-4-5;/h6H,1-5H2,7H3;1-5H,7H3;1-3,5H3;3-5H2,1-2H3;2-4H2,1,5H3;1H4. The highest BCUT2D eigenvalue weighted by Crippen LogP contribution is 2.24. The third-order valence-electron chi connectivity index (χ3n) is 4.25. The Hall–Kier alpha value is 0.521. The van der Waals surface area contributed by atoms with Gasteiger partial charge in [0.05, 0.1) is 0 Å². The lowest BCUT2D eigenvalue weighted by atomic mass is 10.0. The molecule has 0 atom stereocenters. The summed E-state index contributed by atoms with van der Waals surface area (Å²) in [5, 5.41) is 2.10. The Morgan fingerprint density at radius 1 is 0.933 bits per heavy atom. The molecule has 30 heavy (non-hydrogen) atoms. The maximum Gasteiger partial charge on any atom is 0.0384 e. The van der Waals surface area contributed by atoms with Crippen LogP contribution in [0.2, 0.25) is 28.7 Å². The summed E-state index contributed by atoms with van der Waals surface area (Å²) in [6.45, 7) is 13.5. The molecule has 0 aliphatic heterocycles. The minimum atomic E-state index is 0. The second kappa shape index (κ2) is 29.5. The number of benzene rings is 1. The molecule has 0 heterocycles. The predicted octanol–water partition coefficient (Wildman–Crippen LogP) is 1.50. The molecular weight excluding hydrogens is 457 g/mol. The van der Waals surface area contributed by atoms with Crippen LogP contribution >= 0.6 is 0 Å². The van der Waals surface area contributed by atoms with Crippen molar-refractivity contribution in [3.63, 3.8) is 0 Å². The average molecular weight is 519 g/mol. The van der Waals surface area contributed by atoms with Crippen molar-refractivity contribution >= 4 is 66.6 Å². The summed E-state index contributed by atoms with van der Waals surface area (Å²) in [5.41, 5.74) is 1.17. The van der Waals surface area contributed by atoms with Gasteiger partial charge in [0.25, 0.3) is 0 Å². The van der Waals surface area contributed by atoms with Crippen LogP contribution in [0.15, 0.2) is 30.3 Å². The van der Waals surface area contributed by atoms with Gasteiger partial charge in [0.15, 0.2) is 0 Å². The molecule has 6 heteroatoms. The van der Waals surface area contributed by atoms with Crippen molar-refractivity contribution in [2.45, 2.75) is 115 Å². The van der Waals surface area contributed by atoms with Gasteiger partial charge in [-0.3, -0.25) is 0 Å². The van der Waals surface area contributed by atoms with Gasteiger partial charge in [0, 0.05) is 50.5 Å². The van der Waals surface area contributed by atoms with E-state index >= 15 is 0 Å². The average Bonchev–Trinajstić information content (AvgIpc) is 2.65. The zero-order valence-corrected chi connectivity index (χ0v) is 31.7. The monoisotopic (exact) mass is 518 g/mol. The molecule has 0 nitrogen and oxygen atoms in total. The second-order valence-electron chi connectivity index (χ2n) is 10.1. The van der Waals surface area contributed by atoms with E-state index in [0.717, 1.165) is 0 Å². The molecule has 1 aromatic rings. The molecule has 2 rings (SSSR count). The van der Waals surface area contributed by atoms with Crippen LogP contribution in [0.25, 0.3) is 0 Å². The van der Waals surface area contributed by atoms with Crippen LogP contribution in [0.3, 0.4) is 0 Å². The van der Waals surface area contributed by atoms with Crippen molar-refractivity contribution in [2.75, 3.05) is 0 Å². The minimum Gasteiger partial charge on any atom is -0.0708 e. The maximum atomic E-state index is 2.27. The first kappa shape index (κ1) is 37.8. The third kappa shape index (κ3) is 51.3. The molecular formula is C24H62Si6. The smallest absolute Gasteiger partial charge is 0.0384 e. The summed E-state index contributed by atoms with van der Waals surface area (Å²) in [6.07, 6.45) is 10.5. The molecule has 0 aromatic heterocycles. The molecule has 1 fully saturated rings. The Kier molecular flexibility index (Phi) is 37.2. The summed E-state index contributed by atoms with van der Waals surface area (Å²) in [4.78, 5) is 0. The topological polar surface area (TPSA) is 0 Å². The Balaban J connectivity index is -0.000000142. The van der Waals surface area contributed by atoms with Gasteiger partial charge in [0.1, 0.15) is 0 Å². The Morgan fingerprint density at radius 2 is 1.37 bits per heavy atom. The van der Waals surface area contributed by atoms with E-state index < -0.39 is 0 Å². The zero-order valence-electron chi connectivity index (χ0n) is 22.2. The molecule has 1 aliphatic rings. The summed E-state index contributed by atoms with van der Waals surface area (Å²) in [6, 6.07) is 14.9. The quantitative estimate of drug-likeness (QED) is 0.530. The third-order valence-corrected chi connectivity index (χ3v) is 8.19. The number of hydrogen-bond acceptors (Lipinski definition) is 0. The minimum absolute atomic E-state index is 0. The van der Waals surface area contributed by atoms with E-state index in [1.54, 1.807) is 12.8 Å². The Morgan fingerprint density at radius 3 is 1.50 bits per heavy atom. The van der Waals surface area contributed by atoms with Crippen LogP contribution in [-0.4, -0.2) is 61.5 Å². The van der Waals surface area contributed by atoms with Crippen molar-refractivity contribution in [3.05, 3.63) is 30.3 Å². The first-order chi connectivity index (χ1) is 13.6. The molecule has 0 N–H and O–H groups in total. The Labute approximate surface area is 211 Å². The van der Waals surface area contributed by atoms with Crippen molar-refractivity contribution in [1.82, 2.24) is 0 Å². The lowest BCUT2D eigenvalue weighted by molar-refractivity contribution is 0.504. The summed E-state index contributed by atoms with van der Waals surface area (Å²) in [7, 11) is 5.76. The van der Waals surface area contributed by atoms with Gasteiger partial charge in [-0.15, -0.1) is 0 Å². The fourth-order valence-corrected chi connectivity index (χ4v) is 5.16. The van der Waals surface area contributed by atoms with Gasteiger partial charge in [-0.2, -0.15) is 0 Å². The summed E-state index contributed by atoms with van der Waals surface area (Å²) in [5.74, 6) is 0. The number of rotatable bonds is 4. The Bertz CT molecular complexity index is 370. The van der Waals surface area contributed by atoms with Crippen molar-refractivity contribution in [3.8, 4) is 0 Å². The molecule has 182 valence electrons. The molecule has 1 saturated carbocycles. The van der Waals surface area contributed by atoms with Gasteiger partial charge >= 0.3 is 0 Å². The summed E-state index contributed by atoms with van der Waals surface area (Å²) < 4.78 is 0. The van der Waals surface area contributed by atoms with Crippen molar-refractivity contribution < 1.29 is 0 Å². The van der Waals surface area contributed by atoms with E-state index in [9.17, 15) is 0 Å². The predicted molar refractivity (Wildman–Crippen MR) is 173 cm³/mol. The van der Waals surface area contributed by atoms with Crippen molar-refractivity contribution in [2.24, 2.45) is 0 Å². The van der Waals surface area contributed by atoms with E-state index in [0.29, 0.717) is 14.6 Å². The highest BCUT2D eigenvalue weighted by Gasteiger charge is 2.06. The lowest BCUT2D eigenvalue weighted by Crippen LogP contribution is -1.98. The van der Waals surface area contributed by atoms with Gasteiger partial charge in [-0.05, 0) is 11.0 Å². The van der Waals surface area contributed by atoms with E-state index in [1.165, 1.54) is 102 Å². The van der Waals surface area contributed by atoms with Gasteiger partial charge in [-0.1, -0.05) is 151 Å². The SMILES string of the molecule is CC(C)(C)[SiH3].CCCC[SiH3].CC[SiH2]CC.[SiH3]C1CCCCC1.[SiH3]c1ccccc1.[SiH4]. The van der Waals surface area contributed by atoms with Crippen molar-refractivity contribution in [1.29, 1.82) is 0 Å². The fourth-order valence-electron chi connectivity index (χ4n) is 2.55. The highest BCUT2D eigenvalue weighted by molar-refractivity contribution is 6.34. The zero-order chi connectivity index (χ0) is 23.0. The lowest BCUT2D eigenvalue weighted by Gasteiger charge is -2.15. The van der Waals surface area contributed by atoms with E-state index in [2.05, 4.69) is 65.8 Å². The first-order valence-electron chi connectivity index (χ1n) is 12.6. The number of unbranched alkanes of at least 4 members (excludes halogenated alkanes) is 1. The van der Waals surface area contributed by atoms with Crippen LogP contribution in [-0.2, 0) is 0 Å². The van der Waals surface area contributed by atoms with Crippen LogP contribution in [0.5, 0.6) is 0 Å². The van der Waals surface area contributed by atoms with E-state index in [1.807, 2.05) is 6.07 Å². The number of hydrogen-bond donors (Lipinski definition) is 0. The molecule has 0 saturated heterocycles. The summed E-state index contributed by atoms with van der Waals surface area (Å²) >= 11 is 0. The van der Waals surface area contributed by atoms with Crippen LogP contribution in [0, 0.1) is 0 Å². The normalized spacial score (nSPS) is 13.1. The van der Waals surface area contributed by atoms with Crippen LogP contribution in [0.1, 0.15) is 86.5 Å². The molecule has 0 radical (unpaired) electrons. The van der Waals surface area contributed by atoms with Crippen LogP contribution < -0.4 is 5.19 Å². The molecule has 0 unspecified atom stereocenters. The van der Waals surface area contributed by atoms with E-state index in [4.69, 9.17) is 0 Å². The largest absolute Gasteiger partial charge is 0.0708 e. The molecule has 0 spiro atoms. The second-order valence-corrected chi connectivity index (χ2v) is 19.6. The molecule has 0 bridgehead atoms. The highest BCUT2D eigenvalue weighted by atomic mass is 28.2. The first-order valence-corrected chi connectivity index (χ1v) is 19.2. The van der Waals surface area contributed by atoms with Gasteiger partial charge < -0.3 is 0 Å². The van der Waals surface area contributed by atoms with Gasteiger partial charge in [-0.25, -0.2) is 0 Å². The van der Waals surface area contributed by atoms with Crippen LogP contribution in [0.4, 0.5) is 0 Å². The fraction of sp³-hybridized carbons (Fsp3) is 0.750. The van der Waals surface area contributed by atoms with Gasteiger partial charge in [0.2, 0.25) is 0 Å². The molecule has 0 amide bonds. The van der Waals surface area contributed by atoms with E-state index in [-0.39, 0.29) is 11.0 Å². The molecule has 1 aliphatic carbocycles. The maximum absolute atomic E-state index is 2.27. The molecule has 1 aromatic carbocycles.